The van der Waals surface area contributed by atoms with Crippen LogP contribution >= 0.6 is 15.9 Å². The molecule has 1 aromatic rings. The fourth-order valence-corrected chi connectivity index (χ4v) is 2.38. The number of hydrogen-bond donors (Lipinski definition) is 2. The molecule has 0 saturated carbocycles. The second-order valence-electron chi connectivity index (χ2n) is 4.91. The van der Waals surface area contributed by atoms with Crippen LogP contribution in [-0.4, -0.2) is 38.6 Å². The van der Waals surface area contributed by atoms with Gasteiger partial charge in [-0.3, -0.25) is 0 Å². The molecule has 0 aliphatic rings. The molecule has 0 aliphatic heterocycles. The fraction of sp³-hybridized carbons (Fsp3) is 0.625. The van der Waals surface area contributed by atoms with E-state index >= 15 is 0 Å². The maximum Gasteiger partial charge on any atom is 0.123 e. The van der Waals surface area contributed by atoms with Gasteiger partial charge < -0.3 is 19.9 Å². The zero-order chi connectivity index (χ0) is 15.3. The number of methoxy groups -OCH3 is 1. The van der Waals surface area contributed by atoms with Crippen LogP contribution in [0.25, 0.3) is 0 Å². The Kier molecular flexibility index (Phi) is 10.5. The molecular formula is C16H26BrNO3. The van der Waals surface area contributed by atoms with E-state index < -0.39 is 0 Å². The molecule has 0 saturated heterocycles. The van der Waals surface area contributed by atoms with Gasteiger partial charge in [-0.05, 0) is 37.5 Å². The van der Waals surface area contributed by atoms with E-state index in [1.165, 1.54) is 0 Å². The van der Waals surface area contributed by atoms with Crippen LogP contribution in [0.2, 0.25) is 0 Å². The van der Waals surface area contributed by atoms with Crippen LogP contribution < -0.4 is 10.1 Å². The summed E-state index contributed by atoms with van der Waals surface area (Å²) in [6.07, 6.45) is 4.06. The number of benzene rings is 1. The van der Waals surface area contributed by atoms with Crippen molar-refractivity contribution in [3.8, 4) is 5.75 Å². The Bertz CT molecular complexity index is 388. The van der Waals surface area contributed by atoms with Gasteiger partial charge in [0, 0.05) is 36.8 Å². The number of aliphatic hydroxyl groups excluding tert-OH is 1. The largest absolute Gasteiger partial charge is 0.493 e. The Hall–Kier alpha value is -0.620. The van der Waals surface area contributed by atoms with Gasteiger partial charge in [0.25, 0.3) is 0 Å². The second-order valence-corrected chi connectivity index (χ2v) is 5.82. The minimum absolute atomic E-state index is 0.283. The monoisotopic (exact) mass is 359 g/mol. The van der Waals surface area contributed by atoms with E-state index in [0.717, 1.165) is 61.2 Å². The molecule has 0 heterocycles. The van der Waals surface area contributed by atoms with Gasteiger partial charge in [-0.2, -0.15) is 0 Å². The lowest BCUT2D eigenvalue weighted by Gasteiger charge is -2.13. The van der Waals surface area contributed by atoms with Crippen LogP contribution in [0.3, 0.4) is 0 Å². The van der Waals surface area contributed by atoms with E-state index in [1.807, 2.05) is 12.1 Å². The summed E-state index contributed by atoms with van der Waals surface area (Å²) in [6.45, 7) is 3.30. The maximum absolute atomic E-state index is 8.73. The molecule has 0 amide bonds. The molecule has 1 rings (SSSR count). The zero-order valence-corrected chi connectivity index (χ0v) is 14.3. The summed E-state index contributed by atoms with van der Waals surface area (Å²) in [6, 6.07) is 6.09. The topological polar surface area (TPSA) is 50.7 Å². The molecule has 1 aromatic carbocycles. The van der Waals surface area contributed by atoms with Gasteiger partial charge in [-0.15, -0.1) is 0 Å². The van der Waals surface area contributed by atoms with Crippen molar-refractivity contribution in [3.63, 3.8) is 0 Å². The third-order valence-electron chi connectivity index (χ3n) is 3.13. The predicted octanol–water partition coefficient (Wildman–Crippen LogP) is 3.12. The normalized spacial score (nSPS) is 10.8. The number of hydrogen-bond acceptors (Lipinski definition) is 4. The average Bonchev–Trinajstić information content (AvgIpc) is 2.49. The summed E-state index contributed by atoms with van der Waals surface area (Å²) >= 11 is 3.50. The number of unbranched alkanes of at least 4 members (excludes halogenated alkanes) is 3. The molecule has 0 radical (unpaired) electrons. The molecule has 0 bridgehead atoms. The van der Waals surface area contributed by atoms with E-state index in [9.17, 15) is 0 Å². The van der Waals surface area contributed by atoms with Gasteiger partial charge in [0.05, 0.1) is 13.2 Å². The summed E-state index contributed by atoms with van der Waals surface area (Å²) in [4.78, 5) is 0. The lowest BCUT2D eigenvalue weighted by molar-refractivity contribution is 0.199. The lowest BCUT2D eigenvalue weighted by Crippen LogP contribution is -2.19. The lowest BCUT2D eigenvalue weighted by atomic mass is 10.2. The standard InChI is InChI=1S/C16H26BrNO3/c1-20-11-8-18-13-14-12-15(17)6-7-16(14)21-10-5-3-2-4-9-19/h6-7,12,18-19H,2-5,8-11,13H2,1H3. The van der Waals surface area contributed by atoms with Gasteiger partial charge in [0.2, 0.25) is 0 Å². The molecule has 0 spiro atoms. The second kappa shape index (κ2) is 12.0. The van der Waals surface area contributed by atoms with Gasteiger partial charge in [-0.25, -0.2) is 0 Å². The SMILES string of the molecule is COCCNCc1cc(Br)ccc1OCCCCCCO. The van der Waals surface area contributed by atoms with E-state index in [2.05, 4.69) is 27.3 Å². The fourth-order valence-electron chi connectivity index (χ4n) is 1.97. The molecule has 0 atom stereocenters. The first-order valence-electron chi connectivity index (χ1n) is 7.49. The van der Waals surface area contributed by atoms with Crippen molar-refractivity contribution < 1.29 is 14.6 Å². The molecule has 0 fully saturated rings. The molecule has 21 heavy (non-hydrogen) atoms. The van der Waals surface area contributed by atoms with Gasteiger partial charge in [0.15, 0.2) is 0 Å². The van der Waals surface area contributed by atoms with Crippen molar-refractivity contribution in [1.82, 2.24) is 5.32 Å². The van der Waals surface area contributed by atoms with Crippen LogP contribution in [-0.2, 0) is 11.3 Å². The van der Waals surface area contributed by atoms with E-state index in [-0.39, 0.29) is 6.61 Å². The van der Waals surface area contributed by atoms with Crippen LogP contribution in [0.15, 0.2) is 22.7 Å². The van der Waals surface area contributed by atoms with Crippen LogP contribution in [0, 0.1) is 0 Å². The number of aliphatic hydroxyl groups is 1. The van der Waals surface area contributed by atoms with Crippen molar-refractivity contribution >= 4 is 15.9 Å². The first-order chi connectivity index (χ1) is 10.3. The summed E-state index contributed by atoms with van der Waals surface area (Å²) in [5, 5.41) is 12.1. The first kappa shape index (κ1) is 18.4. The first-order valence-corrected chi connectivity index (χ1v) is 8.29. The Morgan fingerprint density at radius 3 is 2.71 bits per heavy atom. The van der Waals surface area contributed by atoms with Crippen molar-refractivity contribution in [3.05, 3.63) is 28.2 Å². The highest BCUT2D eigenvalue weighted by Crippen LogP contribution is 2.23. The number of rotatable bonds is 12. The highest BCUT2D eigenvalue weighted by molar-refractivity contribution is 9.10. The Labute approximate surface area is 136 Å². The van der Waals surface area contributed by atoms with E-state index in [0.29, 0.717) is 6.61 Å². The number of nitrogens with one attached hydrogen (secondary N) is 1. The van der Waals surface area contributed by atoms with Crippen LogP contribution in [0.4, 0.5) is 0 Å². The quantitative estimate of drug-likeness (QED) is 0.563. The molecule has 0 aliphatic carbocycles. The summed E-state index contributed by atoms with van der Waals surface area (Å²) in [7, 11) is 1.70. The van der Waals surface area contributed by atoms with E-state index in [4.69, 9.17) is 14.6 Å². The van der Waals surface area contributed by atoms with Gasteiger partial charge >= 0.3 is 0 Å². The van der Waals surface area contributed by atoms with Crippen molar-refractivity contribution in [2.75, 3.05) is 33.5 Å². The molecular weight excluding hydrogens is 334 g/mol. The maximum atomic E-state index is 8.73. The van der Waals surface area contributed by atoms with Crippen molar-refractivity contribution in [2.45, 2.75) is 32.2 Å². The average molecular weight is 360 g/mol. The Morgan fingerprint density at radius 1 is 1.14 bits per heavy atom. The van der Waals surface area contributed by atoms with Gasteiger partial charge in [0.1, 0.15) is 5.75 Å². The minimum Gasteiger partial charge on any atom is -0.493 e. The highest BCUT2D eigenvalue weighted by Gasteiger charge is 2.04. The predicted molar refractivity (Wildman–Crippen MR) is 88.8 cm³/mol. The Morgan fingerprint density at radius 2 is 1.95 bits per heavy atom. The van der Waals surface area contributed by atoms with Crippen LogP contribution in [0.5, 0.6) is 5.75 Å². The molecule has 2 N–H and O–H groups in total. The molecule has 120 valence electrons. The third-order valence-corrected chi connectivity index (χ3v) is 3.62. The summed E-state index contributed by atoms with van der Waals surface area (Å²) < 4.78 is 12.0. The van der Waals surface area contributed by atoms with Gasteiger partial charge in [-0.1, -0.05) is 22.4 Å². The van der Waals surface area contributed by atoms with Crippen LogP contribution in [0.1, 0.15) is 31.2 Å². The smallest absolute Gasteiger partial charge is 0.123 e. The molecule has 5 heteroatoms. The third kappa shape index (κ3) is 8.41. The molecule has 0 unspecified atom stereocenters. The summed E-state index contributed by atoms with van der Waals surface area (Å²) in [5.41, 5.74) is 1.15. The highest BCUT2D eigenvalue weighted by atomic mass is 79.9. The minimum atomic E-state index is 0.283. The van der Waals surface area contributed by atoms with E-state index in [1.54, 1.807) is 7.11 Å². The number of halogens is 1. The number of ether oxygens (including phenoxy) is 2. The van der Waals surface area contributed by atoms with Crippen molar-refractivity contribution in [2.24, 2.45) is 0 Å². The Balaban J connectivity index is 2.37. The van der Waals surface area contributed by atoms with Crippen molar-refractivity contribution in [1.29, 1.82) is 0 Å². The zero-order valence-electron chi connectivity index (χ0n) is 12.7. The molecule has 0 aromatic heterocycles. The summed E-state index contributed by atoms with van der Waals surface area (Å²) in [5.74, 6) is 0.935. The molecule has 4 nitrogen and oxygen atoms in total.